The average molecular weight is 759 g/mol. The minimum atomic E-state index is 1.20. The quantitative estimate of drug-likeness (QED) is 0.153. The van der Waals surface area contributed by atoms with Gasteiger partial charge in [0, 0.05) is 0 Å². The van der Waals surface area contributed by atoms with Crippen LogP contribution in [0.3, 0.4) is 0 Å². The third-order valence-corrected chi connectivity index (χ3v) is 12.6. The van der Waals surface area contributed by atoms with Crippen molar-refractivity contribution < 1.29 is 0 Å². The first-order valence-electron chi connectivity index (χ1n) is 20.8. The highest BCUT2D eigenvalue weighted by molar-refractivity contribution is 6.22. The second-order valence-corrected chi connectivity index (χ2v) is 16.1. The van der Waals surface area contributed by atoms with E-state index in [0.29, 0.717) is 0 Å². The van der Waals surface area contributed by atoms with Gasteiger partial charge >= 0.3 is 0 Å². The van der Waals surface area contributed by atoms with Crippen molar-refractivity contribution in [1.29, 1.82) is 0 Å². The van der Waals surface area contributed by atoms with Crippen LogP contribution in [0.25, 0.3) is 120 Å². The Morgan fingerprint density at radius 1 is 0.167 bits per heavy atom. The van der Waals surface area contributed by atoms with E-state index in [1.165, 1.54) is 120 Å². The predicted octanol–water partition coefficient (Wildman–Crippen LogP) is 16.9. The molecule has 0 heteroatoms. The van der Waals surface area contributed by atoms with Crippen LogP contribution in [0.2, 0.25) is 0 Å². The van der Waals surface area contributed by atoms with Gasteiger partial charge in [-0.3, -0.25) is 0 Å². The van der Waals surface area contributed by atoms with Crippen molar-refractivity contribution in [3.8, 4) is 55.6 Å². The molecule has 0 bridgehead atoms. The van der Waals surface area contributed by atoms with Gasteiger partial charge in [0.05, 0.1) is 0 Å². The second kappa shape index (κ2) is 13.9. The zero-order chi connectivity index (χ0) is 39.6. The van der Waals surface area contributed by atoms with Crippen LogP contribution in [0.15, 0.2) is 231 Å². The molecular formula is C60H38. The molecule has 0 heterocycles. The lowest BCUT2D eigenvalue weighted by molar-refractivity contribution is 1.60. The van der Waals surface area contributed by atoms with Crippen molar-refractivity contribution in [1.82, 2.24) is 0 Å². The average Bonchev–Trinajstić information content (AvgIpc) is 3.32. The van der Waals surface area contributed by atoms with Crippen LogP contribution < -0.4 is 0 Å². The van der Waals surface area contributed by atoms with Crippen LogP contribution in [0, 0.1) is 0 Å². The van der Waals surface area contributed by atoms with E-state index < -0.39 is 0 Å². The lowest BCUT2D eigenvalue weighted by atomic mass is 9.83. The molecule has 0 N–H and O–H groups in total. The molecule has 0 aliphatic rings. The van der Waals surface area contributed by atoms with Crippen LogP contribution in [0.1, 0.15) is 0 Å². The van der Waals surface area contributed by atoms with Gasteiger partial charge in [-0.25, -0.2) is 0 Å². The van der Waals surface area contributed by atoms with E-state index in [1.807, 2.05) is 0 Å². The maximum Gasteiger partial charge on any atom is -0.00259 e. The van der Waals surface area contributed by atoms with Gasteiger partial charge in [-0.1, -0.05) is 188 Å². The van der Waals surface area contributed by atoms with Crippen molar-refractivity contribution in [3.63, 3.8) is 0 Å². The summed E-state index contributed by atoms with van der Waals surface area (Å²) in [5.74, 6) is 0. The molecule has 0 aliphatic carbocycles. The minimum Gasteiger partial charge on any atom is -0.0616 e. The van der Waals surface area contributed by atoms with E-state index in [1.54, 1.807) is 0 Å². The Labute approximate surface area is 349 Å². The summed E-state index contributed by atoms with van der Waals surface area (Å²) in [7, 11) is 0. The van der Waals surface area contributed by atoms with E-state index in [0.717, 1.165) is 0 Å². The molecule has 0 spiro atoms. The Balaban J connectivity index is 1.18. The first-order valence-corrected chi connectivity index (χ1v) is 20.8. The summed E-state index contributed by atoms with van der Waals surface area (Å²) in [6.07, 6.45) is 0. The van der Waals surface area contributed by atoms with E-state index in [-0.39, 0.29) is 0 Å². The van der Waals surface area contributed by atoms with Crippen LogP contribution in [-0.2, 0) is 0 Å². The van der Waals surface area contributed by atoms with Crippen LogP contribution in [0.4, 0.5) is 0 Å². The first kappa shape index (κ1) is 34.3. The van der Waals surface area contributed by atoms with Crippen LogP contribution in [-0.4, -0.2) is 0 Å². The number of hydrogen-bond donors (Lipinski definition) is 0. The number of rotatable bonds is 5. The third-order valence-electron chi connectivity index (χ3n) is 12.6. The second-order valence-electron chi connectivity index (χ2n) is 16.1. The van der Waals surface area contributed by atoms with Gasteiger partial charge in [0.1, 0.15) is 0 Å². The molecule has 0 atom stereocenters. The standard InChI is InChI=1S/C60H38/c1-4-16-43-32-46(27-24-39(43)12-1)48-30-31-57-58(38-48)59(49-29-26-41-14-3-6-18-45(41)34-49)55-21-9-10-22-56(55)60(57)52-36-50(47-28-25-40-13-2-5-17-44(40)33-47)35-51(37-52)54-23-11-19-42-15-7-8-20-53(42)54/h1-38H. The molecule has 0 unspecified atom stereocenters. The fraction of sp³-hybridized carbons (Fsp3) is 0. The van der Waals surface area contributed by atoms with Gasteiger partial charge in [0.25, 0.3) is 0 Å². The molecule has 0 amide bonds. The molecule has 12 aromatic rings. The highest BCUT2D eigenvalue weighted by Gasteiger charge is 2.20. The molecule has 0 radical (unpaired) electrons. The number of fused-ring (bicyclic) bond motifs is 6. The Hall–Kier alpha value is -7.80. The first-order chi connectivity index (χ1) is 29.7. The Kier molecular flexibility index (Phi) is 7.96. The van der Waals surface area contributed by atoms with Crippen LogP contribution >= 0.6 is 0 Å². The van der Waals surface area contributed by atoms with Gasteiger partial charge in [-0.2, -0.15) is 0 Å². The number of hydrogen-bond acceptors (Lipinski definition) is 0. The van der Waals surface area contributed by atoms with E-state index in [2.05, 4.69) is 231 Å². The van der Waals surface area contributed by atoms with Gasteiger partial charge < -0.3 is 0 Å². The molecule has 0 saturated carbocycles. The van der Waals surface area contributed by atoms with E-state index >= 15 is 0 Å². The lowest BCUT2D eigenvalue weighted by Gasteiger charge is -2.20. The molecule has 12 rings (SSSR count). The van der Waals surface area contributed by atoms with Crippen molar-refractivity contribution in [2.75, 3.05) is 0 Å². The molecule has 12 aromatic carbocycles. The zero-order valence-electron chi connectivity index (χ0n) is 32.9. The summed E-state index contributed by atoms with van der Waals surface area (Å²) < 4.78 is 0. The molecule has 0 aliphatic heterocycles. The molecule has 0 nitrogen and oxygen atoms in total. The summed E-state index contributed by atoms with van der Waals surface area (Å²) in [4.78, 5) is 0. The van der Waals surface area contributed by atoms with Gasteiger partial charge in [-0.05, 0) is 163 Å². The topological polar surface area (TPSA) is 0 Å². The third kappa shape index (κ3) is 5.76. The Morgan fingerprint density at radius 2 is 0.567 bits per heavy atom. The summed E-state index contributed by atoms with van der Waals surface area (Å²) in [6.45, 7) is 0. The summed E-state index contributed by atoms with van der Waals surface area (Å²) in [5, 5.41) is 14.9. The summed E-state index contributed by atoms with van der Waals surface area (Å²) >= 11 is 0. The zero-order valence-corrected chi connectivity index (χ0v) is 32.9. The van der Waals surface area contributed by atoms with Gasteiger partial charge in [-0.15, -0.1) is 0 Å². The van der Waals surface area contributed by atoms with Crippen LogP contribution in [0.5, 0.6) is 0 Å². The molecule has 278 valence electrons. The molecule has 60 heavy (non-hydrogen) atoms. The van der Waals surface area contributed by atoms with E-state index in [9.17, 15) is 0 Å². The van der Waals surface area contributed by atoms with Gasteiger partial charge in [0.15, 0.2) is 0 Å². The monoisotopic (exact) mass is 758 g/mol. The number of benzene rings is 12. The molecular weight excluding hydrogens is 721 g/mol. The smallest absolute Gasteiger partial charge is 0.00259 e. The van der Waals surface area contributed by atoms with Crippen molar-refractivity contribution in [3.05, 3.63) is 231 Å². The highest BCUT2D eigenvalue weighted by Crippen LogP contribution is 2.47. The molecule has 0 saturated heterocycles. The maximum atomic E-state index is 2.44. The lowest BCUT2D eigenvalue weighted by Crippen LogP contribution is -1.93. The SMILES string of the molecule is c1ccc2cc(-c3cc(-c4cccc5ccccc45)cc(-c4c5ccccc5c(-c5ccc6ccccc6c5)c5cc(-c6ccc7ccccc7c6)ccc45)c3)ccc2c1. The van der Waals surface area contributed by atoms with Gasteiger partial charge in [0.2, 0.25) is 0 Å². The van der Waals surface area contributed by atoms with Crippen molar-refractivity contribution >= 4 is 64.6 Å². The summed E-state index contributed by atoms with van der Waals surface area (Å²) in [5.41, 5.74) is 12.2. The highest BCUT2D eigenvalue weighted by atomic mass is 14.2. The van der Waals surface area contributed by atoms with Crippen molar-refractivity contribution in [2.45, 2.75) is 0 Å². The molecule has 0 aromatic heterocycles. The molecule has 0 fully saturated rings. The Morgan fingerprint density at radius 3 is 1.20 bits per heavy atom. The predicted molar refractivity (Wildman–Crippen MR) is 259 cm³/mol. The van der Waals surface area contributed by atoms with E-state index in [4.69, 9.17) is 0 Å². The fourth-order valence-electron chi connectivity index (χ4n) is 9.63. The fourth-order valence-corrected chi connectivity index (χ4v) is 9.63. The largest absolute Gasteiger partial charge is 0.0616 e. The summed E-state index contributed by atoms with van der Waals surface area (Å²) in [6, 6.07) is 85.5. The van der Waals surface area contributed by atoms with Crippen molar-refractivity contribution in [2.24, 2.45) is 0 Å². The minimum absolute atomic E-state index is 1.20. The maximum absolute atomic E-state index is 2.44. The Bertz CT molecular complexity index is 3660. The normalized spacial score (nSPS) is 11.7.